The molecule has 2 saturated heterocycles. The number of carbonyl (C=O) groups is 4. The van der Waals surface area contributed by atoms with Crippen LogP contribution in [0.5, 0.6) is 17.2 Å². The van der Waals surface area contributed by atoms with Crippen LogP contribution < -0.4 is 20.2 Å². The van der Waals surface area contributed by atoms with Gasteiger partial charge in [-0.3, -0.25) is 29.9 Å². The maximum absolute atomic E-state index is 15.2. The molecule has 0 spiro atoms. The molecule has 2 aliphatic carbocycles. The Morgan fingerprint density at radius 2 is 1.66 bits per heavy atom. The standard InChI is InChI=1S/C34H28Cl3N3O7/c1-46-18-6-3-16(4-7-18)34-22(32(44)40(33(34)45)39-25-10-5-17(35)13-23(25)36)14-21-19(8-9-20-27(21)31(43)38-30(20)42)28(34)15-11-24(37)29(41)26(12-15)47-2/h3-8,10-13,20-22,27-28,39,41H,9,14H2,1-2H3,(H,38,42,43)/t20-,21+,22-,27-,28-,34+/m0/s1. The van der Waals surface area contributed by atoms with Gasteiger partial charge < -0.3 is 14.6 Å². The molecule has 13 heteroatoms. The summed E-state index contributed by atoms with van der Waals surface area (Å²) in [5, 5.41) is 14.7. The lowest BCUT2D eigenvalue weighted by molar-refractivity contribution is -0.138. The molecule has 3 fully saturated rings. The third kappa shape index (κ3) is 4.60. The molecule has 3 N–H and O–H groups in total. The van der Waals surface area contributed by atoms with Gasteiger partial charge in [0, 0.05) is 10.9 Å². The Bertz CT molecular complexity index is 1900. The van der Waals surface area contributed by atoms with Crippen LogP contribution in [-0.2, 0) is 24.6 Å². The molecule has 7 rings (SSSR count). The number of allylic oxidation sites excluding steroid dienone is 2. The fraction of sp³-hybridized carbons (Fsp3) is 0.294. The van der Waals surface area contributed by atoms with Gasteiger partial charge in [0.15, 0.2) is 11.5 Å². The van der Waals surface area contributed by atoms with Crippen molar-refractivity contribution < 1.29 is 33.8 Å². The van der Waals surface area contributed by atoms with Gasteiger partial charge in [0.05, 0.1) is 53.1 Å². The Balaban J connectivity index is 1.50. The lowest BCUT2D eigenvalue weighted by Crippen LogP contribution is -2.53. The van der Waals surface area contributed by atoms with Crippen molar-refractivity contribution >= 4 is 64.1 Å². The van der Waals surface area contributed by atoms with Crippen LogP contribution in [0, 0.1) is 23.7 Å². The highest BCUT2D eigenvalue weighted by molar-refractivity contribution is 6.36. The molecular weight excluding hydrogens is 669 g/mol. The largest absolute Gasteiger partial charge is 0.503 e. The number of rotatable bonds is 6. The van der Waals surface area contributed by atoms with E-state index in [-0.39, 0.29) is 46.0 Å². The Morgan fingerprint density at radius 3 is 2.34 bits per heavy atom. The number of nitrogens with one attached hydrogen (secondary N) is 2. The van der Waals surface area contributed by atoms with E-state index >= 15 is 4.79 Å². The van der Waals surface area contributed by atoms with Crippen molar-refractivity contribution in [3.63, 3.8) is 0 Å². The van der Waals surface area contributed by atoms with E-state index in [4.69, 9.17) is 44.3 Å². The molecule has 242 valence electrons. The first kappa shape index (κ1) is 31.4. The number of hydrazine groups is 1. The summed E-state index contributed by atoms with van der Waals surface area (Å²) in [4.78, 5) is 55.9. The average Bonchev–Trinajstić information content (AvgIpc) is 3.47. The summed E-state index contributed by atoms with van der Waals surface area (Å²) in [6.07, 6.45) is 2.28. The van der Waals surface area contributed by atoms with Crippen molar-refractivity contribution in [2.45, 2.75) is 24.2 Å². The first-order chi connectivity index (χ1) is 22.5. The van der Waals surface area contributed by atoms with Gasteiger partial charge in [0.2, 0.25) is 11.8 Å². The molecule has 0 bridgehead atoms. The van der Waals surface area contributed by atoms with Crippen LogP contribution in [0.2, 0.25) is 15.1 Å². The molecule has 0 unspecified atom stereocenters. The number of fused-ring (bicyclic) bond motifs is 4. The number of amides is 4. The van der Waals surface area contributed by atoms with E-state index in [1.165, 1.54) is 20.3 Å². The van der Waals surface area contributed by atoms with Crippen LogP contribution >= 0.6 is 34.8 Å². The number of carbonyl (C=O) groups excluding carboxylic acids is 4. The molecule has 0 aromatic heterocycles. The first-order valence-corrected chi connectivity index (χ1v) is 16.0. The number of nitrogens with zero attached hydrogens (tertiary/aromatic N) is 1. The van der Waals surface area contributed by atoms with E-state index < -0.39 is 52.7 Å². The Labute approximate surface area is 284 Å². The van der Waals surface area contributed by atoms with Crippen LogP contribution in [0.15, 0.2) is 66.2 Å². The highest BCUT2D eigenvalue weighted by Gasteiger charge is 2.70. The van der Waals surface area contributed by atoms with Gasteiger partial charge in [-0.1, -0.05) is 58.6 Å². The van der Waals surface area contributed by atoms with E-state index in [0.717, 1.165) is 10.6 Å². The van der Waals surface area contributed by atoms with Crippen molar-refractivity contribution in [1.82, 2.24) is 10.3 Å². The van der Waals surface area contributed by atoms with Crippen molar-refractivity contribution in [3.8, 4) is 17.2 Å². The van der Waals surface area contributed by atoms with Crippen molar-refractivity contribution in [2.75, 3.05) is 19.6 Å². The number of hydrogen-bond donors (Lipinski definition) is 3. The number of methoxy groups -OCH3 is 2. The summed E-state index contributed by atoms with van der Waals surface area (Å²) >= 11 is 19.1. The van der Waals surface area contributed by atoms with Gasteiger partial charge in [0.1, 0.15) is 5.75 Å². The summed E-state index contributed by atoms with van der Waals surface area (Å²) in [5.41, 5.74) is 3.38. The number of benzene rings is 3. The number of halogens is 3. The van der Waals surface area contributed by atoms with Gasteiger partial charge in [-0.05, 0) is 72.4 Å². The third-order valence-electron chi connectivity index (χ3n) is 10.0. The van der Waals surface area contributed by atoms with Gasteiger partial charge in [-0.15, -0.1) is 0 Å². The molecule has 0 radical (unpaired) electrons. The SMILES string of the molecule is COc1ccc([C@@]23C(=O)N(Nc4ccc(Cl)cc4Cl)C(=O)[C@@H]2C[C@@H]2C(=CC[C@@H]4C(=O)NC(=O)[C@@H]42)[C@@H]3c2cc(Cl)c(O)c(OC)c2)cc1. The fourth-order valence-corrected chi connectivity index (χ4v) is 8.72. The second-order valence-corrected chi connectivity index (χ2v) is 13.4. The van der Waals surface area contributed by atoms with E-state index in [1.54, 1.807) is 48.5 Å². The van der Waals surface area contributed by atoms with Gasteiger partial charge >= 0.3 is 0 Å². The van der Waals surface area contributed by atoms with Gasteiger partial charge in [-0.2, -0.15) is 5.01 Å². The summed E-state index contributed by atoms with van der Waals surface area (Å²) in [6, 6.07) is 14.7. The van der Waals surface area contributed by atoms with Crippen LogP contribution in [0.4, 0.5) is 5.69 Å². The maximum atomic E-state index is 15.2. The van der Waals surface area contributed by atoms with Gasteiger partial charge in [0.25, 0.3) is 11.8 Å². The summed E-state index contributed by atoms with van der Waals surface area (Å²) < 4.78 is 10.9. The number of ether oxygens (including phenoxy) is 2. The van der Waals surface area contributed by atoms with Crippen molar-refractivity contribution in [2.24, 2.45) is 23.7 Å². The summed E-state index contributed by atoms with van der Waals surface area (Å²) in [6.45, 7) is 0. The topological polar surface area (TPSA) is 134 Å². The van der Waals surface area contributed by atoms with Crippen LogP contribution in [0.1, 0.15) is 29.9 Å². The molecule has 4 amide bonds. The Kier molecular flexibility index (Phi) is 7.65. The number of phenolic OH excluding ortho intramolecular Hbond substituents is 1. The molecule has 6 atom stereocenters. The lowest BCUT2D eigenvalue weighted by Gasteiger charge is -2.50. The zero-order valence-corrected chi connectivity index (χ0v) is 27.3. The first-order valence-electron chi connectivity index (χ1n) is 14.9. The van der Waals surface area contributed by atoms with Crippen molar-refractivity contribution in [1.29, 1.82) is 0 Å². The number of aromatic hydroxyl groups is 1. The summed E-state index contributed by atoms with van der Waals surface area (Å²) in [5.74, 6) is -5.31. The van der Waals surface area contributed by atoms with E-state index in [2.05, 4.69) is 10.7 Å². The van der Waals surface area contributed by atoms with E-state index in [1.807, 2.05) is 6.08 Å². The monoisotopic (exact) mass is 695 g/mol. The average molecular weight is 697 g/mol. The highest BCUT2D eigenvalue weighted by Crippen LogP contribution is 2.64. The molecule has 4 aliphatic rings. The second-order valence-electron chi connectivity index (χ2n) is 12.1. The predicted molar refractivity (Wildman–Crippen MR) is 173 cm³/mol. The zero-order valence-electron chi connectivity index (χ0n) is 25.1. The predicted octanol–water partition coefficient (Wildman–Crippen LogP) is 5.64. The summed E-state index contributed by atoms with van der Waals surface area (Å²) in [7, 11) is 2.91. The molecule has 1 saturated carbocycles. The zero-order chi connectivity index (χ0) is 33.4. The van der Waals surface area contributed by atoms with Crippen LogP contribution in [0.3, 0.4) is 0 Å². The number of hydrogen-bond acceptors (Lipinski definition) is 8. The van der Waals surface area contributed by atoms with Crippen molar-refractivity contribution in [3.05, 3.63) is 92.4 Å². The molecule has 3 aromatic rings. The Hall–Kier alpha value is -4.25. The molecule has 2 heterocycles. The fourth-order valence-electron chi connectivity index (χ4n) is 8.05. The third-order valence-corrected chi connectivity index (χ3v) is 10.9. The normalized spacial score (nSPS) is 27.9. The van der Waals surface area contributed by atoms with Crippen LogP contribution in [-0.4, -0.2) is 48.0 Å². The molecular formula is C34H28Cl3N3O7. The quantitative estimate of drug-likeness (QED) is 0.223. The molecule has 10 nitrogen and oxygen atoms in total. The number of imide groups is 2. The smallest absolute Gasteiger partial charge is 0.260 e. The number of anilines is 1. The van der Waals surface area contributed by atoms with E-state index in [9.17, 15) is 19.5 Å². The Morgan fingerprint density at radius 1 is 0.915 bits per heavy atom. The minimum Gasteiger partial charge on any atom is -0.503 e. The van der Waals surface area contributed by atoms with E-state index in [0.29, 0.717) is 21.9 Å². The minimum absolute atomic E-state index is 0.0225. The maximum Gasteiger partial charge on any atom is 0.260 e. The van der Waals surface area contributed by atoms with Gasteiger partial charge in [-0.25, -0.2) is 0 Å². The number of phenols is 1. The molecule has 3 aromatic carbocycles. The lowest BCUT2D eigenvalue weighted by atomic mass is 9.49. The molecule has 47 heavy (non-hydrogen) atoms. The minimum atomic E-state index is -1.57. The highest BCUT2D eigenvalue weighted by atomic mass is 35.5. The second kappa shape index (κ2) is 11.5. The molecule has 2 aliphatic heterocycles. The van der Waals surface area contributed by atoms with Crippen LogP contribution in [0.25, 0.3) is 0 Å².